The highest BCUT2D eigenvalue weighted by Gasteiger charge is 2.29. The SMILES string of the molecule is CN=C1NC(=O)C(c2cccc(Cl)c2)N1. The van der Waals surface area contributed by atoms with E-state index in [4.69, 9.17) is 11.6 Å². The number of rotatable bonds is 1. The smallest absolute Gasteiger partial charge is 0.253 e. The molecule has 1 aliphatic rings. The van der Waals surface area contributed by atoms with E-state index in [-0.39, 0.29) is 5.91 Å². The Labute approximate surface area is 92.3 Å². The molecule has 78 valence electrons. The third-order valence-electron chi connectivity index (χ3n) is 2.19. The Kier molecular flexibility index (Phi) is 2.60. The largest absolute Gasteiger partial charge is 0.340 e. The van der Waals surface area contributed by atoms with Gasteiger partial charge in [-0.25, -0.2) is 0 Å². The first-order valence-corrected chi connectivity index (χ1v) is 4.88. The highest BCUT2D eigenvalue weighted by atomic mass is 35.5. The van der Waals surface area contributed by atoms with Gasteiger partial charge in [0.2, 0.25) is 0 Å². The van der Waals surface area contributed by atoms with Gasteiger partial charge in [-0.15, -0.1) is 0 Å². The standard InChI is InChI=1S/C10H10ClN3O/c1-12-10-13-8(9(15)14-10)6-3-2-4-7(11)5-6/h2-5,8H,1H3,(H2,12,13,14,15). The molecule has 1 saturated heterocycles. The zero-order chi connectivity index (χ0) is 10.8. The van der Waals surface area contributed by atoms with Gasteiger partial charge in [0.25, 0.3) is 5.91 Å². The first-order chi connectivity index (χ1) is 7.20. The average Bonchev–Trinajstić information content (AvgIpc) is 2.60. The van der Waals surface area contributed by atoms with Crippen molar-refractivity contribution in [3.8, 4) is 0 Å². The summed E-state index contributed by atoms with van der Waals surface area (Å²) >= 11 is 5.85. The van der Waals surface area contributed by atoms with E-state index in [1.807, 2.05) is 12.1 Å². The van der Waals surface area contributed by atoms with Crippen molar-refractivity contribution >= 4 is 23.5 Å². The topological polar surface area (TPSA) is 53.5 Å². The lowest BCUT2D eigenvalue weighted by molar-refractivity contribution is -0.120. The molecule has 0 radical (unpaired) electrons. The van der Waals surface area contributed by atoms with E-state index in [2.05, 4.69) is 15.6 Å². The van der Waals surface area contributed by atoms with Crippen LogP contribution in [-0.4, -0.2) is 18.9 Å². The second-order valence-electron chi connectivity index (χ2n) is 3.19. The summed E-state index contributed by atoms with van der Waals surface area (Å²) in [5.41, 5.74) is 0.832. The average molecular weight is 224 g/mol. The molecule has 0 spiro atoms. The number of nitrogens with one attached hydrogen (secondary N) is 2. The van der Waals surface area contributed by atoms with Crippen molar-refractivity contribution in [2.45, 2.75) is 6.04 Å². The number of benzene rings is 1. The van der Waals surface area contributed by atoms with E-state index in [0.29, 0.717) is 11.0 Å². The molecule has 1 heterocycles. The predicted molar refractivity (Wildman–Crippen MR) is 58.8 cm³/mol. The maximum absolute atomic E-state index is 11.6. The van der Waals surface area contributed by atoms with E-state index in [1.54, 1.807) is 19.2 Å². The molecule has 0 bridgehead atoms. The molecular weight excluding hydrogens is 214 g/mol. The molecule has 1 aromatic carbocycles. The van der Waals surface area contributed by atoms with E-state index in [9.17, 15) is 4.79 Å². The van der Waals surface area contributed by atoms with Crippen LogP contribution in [0.5, 0.6) is 0 Å². The minimum atomic E-state index is -0.401. The third-order valence-corrected chi connectivity index (χ3v) is 2.43. The lowest BCUT2D eigenvalue weighted by atomic mass is 10.1. The van der Waals surface area contributed by atoms with Gasteiger partial charge in [0.1, 0.15) is 6.04 Å². The number of halogens is 1. The van der Waals surface area contributed by atoms with Gasteiger partial charge in [-0.2, -0.15) is 0 Å². The van der Waals surface area contributed by atoms with E-state index >= 15 is 0 Å². The molecule has 4 nitrogen and oxygen atoms in total. The van der Waals surface area contributed by atoms with Crippen LogP contribution in [0.3, 0.4) is 0 Å². The molecule has 1 unspecified atom stereocenters. The molecule has 2 N–H and O–H groups in total. The first kappa shape index (κ1) is 9.98. The molecule has 1 fully saturated rings. The predicted octanol–water partition coefficient (Wildman–Crippen LogP) is 1.09. The molecule has 1 aliphatic heterocycles. The van der Waals surface area contributed by atoms with Gasteiger partial charge in [-0.05, 0) is 17.7 Å². The van der Waals surface area contributed by atoms with Gasteiger partial charge in [-0.3, -0.25) is 15.1 Å². The number of amides is 1. The summed E-state index contributed by atoms with van der Waals surface area (Å²) in [6.07, 6.45) is 0. The van der Waals surface area contributed by atoms with Gasteiger partial charge < -0.3 is 5.32 Å². The molecule has 15 heavy (non-hydrogen) atoms. The molecule has 0 aromatic heterocycles. The summed E-state index contributed by atoms with van der Waals surface area (Å²) in [6, 6.07) is 6.79. The second-order valence-corrected chi connectivity index (χ2v) is 3.63. The van der Waals surface area contributed by atoms with Gasteiger partial charge in [-0.1, -0.05) is 23.7 Å². The number of carbonyl (C=O) groups is 1. The lowest BCUT2D eigenvalue weighted by Crippen LogP contribution is -2.24. The molecule has 2 rings (SSSR count). The van der Waals surface area contributed by atoms with Crippen molar-refractivity contribution in [2.24, 2.45) is 4.99 Å². The summed E-state index contributed by atoms with van der Waals surface area (Å²) in [7, 11) is 1.61. The first-order valence-electron chi connectivity index (χ1n) is 4.50. The van der Waals surface area contributed by atoms with Crippen LogP contribution in [0.2, 0.25) is 5.02 Å². The Morgan fingerprint density at radius 2 is 2.27 bits per heavy atom. The molecule has 1 aromatic rings. The zero-order valence-corrected chi connectivity index (χ0v) is 8.88. The number of guanidine groups is 1. The van der Waals surface area contributed by atoms with E-state index < -0.39 is 6.04 Å². The van der Waals surface area contributed by atoms with Crippen molar-refractivity contribution < 1.29 is 4.79 Å². The van der Waals surface area contributed by atoms with Crippen LogP contribution >= 0.6 is 11.6 Å². The molecular formula is C10H10ClN3O. The van der Waals surface area contributed by atoms with Crippen LogP contribution < -0.4 is 10.6 Å². The Morgan fingerprint density at radius 1 is 1.47 bits per heavy atom. The van der Waals surface area contributed by atoms with Gasteiger partial charge in [0.05, 0.1) is 0 Å². The molecule has 0 aliphatic carbocycles. The van der Waals surface area contributed by atoms with Gasteiger partial charge in [0, 0.05) is 12.1 Å². The van der Waals surface area contributed by atoms with Crippen LogP contribution in [0.4, 0.5) is 0 Å². The fraction of sp³-hybridized carbons (Fsp3) is 0.200. The van der Waals surface area contributed by atoms with Crippen molar-refractivity contribution in [3.63, 3.8) is 0 Å². The van der Waals surface area contributed by atoms with E-state index in [0.717, 1.165) is 5.56 Å². The summed E-state index contributed by atoms with van der Waals surface area (Å²) in [5.74, 6) is 0.378. The summed E-state index contributed by atoms with van der Waals surface area (Å²) in [4.78, 5) is 15.4. The molecule has 1 atom stereocenters. The van der Waals surface area contributed by atoms with Crippen molar-refractivity contribution in [1.82, 2.24) is 10.6 Å². The molecule has 5 heteroatoms. The van der Waals surface area contributed by atoms with Crippen LogP contribution in [0.1, 0.15) is 11.6 Å². The lowest BCUT2D eigenvalue weighted by Gasteiger charge is -2.07. The van der Waals surface area contributed by atoms with E-state index in [1.165, 1.54) is 0 Å². The maximum Gasteiger partial charge on any atom is 0.253 e. The Morgan fingerprint density at radius 3 is 2.87 bits per heavy atom. The minimum Gasteiger partial charge on any atom is -0.340 e. The van der Waals surface area contributed by atoms with Crippen LogP contribution in [0.25, 0.3) is 0 Å². The normalized spacial score (nSPS) is 22.7. The molecule has 0 saturated carbocycles. The highest BCUT2D eigenvalue weighted by molar-refractivity contribution is 6.30. The number of hydrogen-bond acceptors (Lipinski definition) is 2. The highest BCUT2D eigenvalue weighted by Crippen LogP contribution is 2.19. The van der Waals surface area contributed by atoms with Crippen molar-refractivity contribution in [3.05, 3.63) is 34.9 Å². The van der Waals surface area contributed by atoms with Crippen LogP contribution in [0, 0.1) is 0 Å². The number of nitrogens with zero attached hydrogens (tertiary/aromatic N) is 1. The summed E-state index contributed by atoms with van der Waals surface area (Å²) < 4.78 is 0. The second kappa shape index (κ2) is 3.90. The Hall–Kier alpha value is -1.55. The quantitative estimate of drug-likeness (QED) is 0.749. The maximum atomic E-state index is 11.6. The minimum absolute atomic E-state index is 0.113. The monoisotopic (exact) mass is 223 g/mol. The van der Waals surface area contributed by atoms with Crippen LogP contribution in [0.15, 0.2) is 29.3 Å². The number of carbonyl (C=O) groups excluding carboxylic acids is 1. The summed E-state index contributed by atoms with van der Waals surface area (Å²) in [5, 5.41) is 6.21. The fourth-order valence-corrected chi connectivity index (χ4v) is 1.67. The Bertz CT molecular complexity index is 430. The van der Waals surface area contributed by atoms with Crippen LogP contribution in [-0.2, 0) is 4.79 Å². The third kappa shape index (κ3) is 1.94. The summed E-state index contributed by atoms with van der Waals surface area (Å²) in [6.45, 7) is 0. The van der Waals surface area contributed by atoms with Gasteiger partial charge >= 0.3 is 0 Å². The fourth-order valence-electron chi connectivity index (χ4n) is 1.47. The zero-order valence-electron chi connectivity index (χ0n) is 8.12. The van der Waals surface area contributed by atoms with Crippen molar-refractivity contribution in [1.29, 1.82) is 0 Å². The van der Waals surface area contributed by atoms with Crippen molar-refractivity contribution in [2.75, 3.05) is 7.05 Å². The van der Waals surface area contributed by atoms with Gasteiger partial charge in [0.15, 0.2) is 5.96 Å². The number of hydrogen-bond donors (Lipinski definition) is 2. The number of aliphatic imine (C=N–C) groups is 1. The Balaban J connectivity index is 2.29. The molecule has 1 amide bonds.